The van der Waals surface area contributed by atoms with Gasteiger partial charge < -0.3 is 14.7 Å². The van der Waals surface area contributed by atoms with Crippen LogP contribution in [-0.4, -0.2) is 18.8 Å². The van der Waals surface area contributed by atoms with Crippen molar-refractivity contribution < 1.29 is 14.2 Å². The highest BCUT2D eigenvalue weighted by molar-refractivity contribution is 5.89. The number of rotatable bonds is 3. The van der Waals surface area contributed by atoms with Gasteiger partial charge in [-0.1, -0.05) is 18.2 Å². The van der Waals surface area contributed by atoms with E-state index in [9.17, 15) is 9.50 Å². The molecule has 1 N–H and O–H groups in total. The van der Waals surface area contributed by atoms with Crippen molar-refractivity contribution in [2.45, 2.75) is 26.3 Å². The van der Waals surface area contributed by atoms with Crippen LogP contribution in [0.15, 0.2) is 42.5 Å². The standard InChI is InChI=1S/C22H22FNO2/c1-14-10-16-4-3-9-24(22(16)20(23)11-14)13-19-18-12-17(26-2)7-5-15(18)6-8-21(19)25/h5-8,10-12,25H,3-4,9,13H2,1-2H3. The fourth-order valence-electron chi connectivity index (χ4n) is 3.91. The zero-order chi connectivity index (χ0) is 18.3. The molecule has 0 amide bonds. The monoisotopic (exact) mass is 351 g/mol. The van der Waals surface area contributed by atoms with Crippen LogP contribution in [0.5, 0.6) is 11.5 Å². The van der Waals surface area contributed by atoms with Gasteiger partial charge in [0.15, 0.2) is 0 Å². The fraction of sp³-hybridized carbons (Fsp3) is 0.273. The number of halogens is 1. The number of aryl methyl sites for hydroxylation is 2. The number of phenols is 1. The number of ether oxygens (including phenoxy) is 1. The van der Waals surface area contributed by atoms with E-state index in [2.05, 4.69) is 6.07 Å². The first-order valence-corrected chi connectivity index (χ1v) is 8.89. The molecule has 0 saturated heterocycles. The molecule has 0 unspecified atom stereocenters. The summed E-state index contributed by atoms with van der Waals surface area (Å²) in [5, 5.41) is 12.5. The summed E-state index contributed by atoms with van der Waals surface area (Å²) in [5.74, 6) is 0.785. The average Bonchev–Trinajstić information content (AvgIpc) is 2.63. The maximum atomic E-state index is 14.7. The molecule has 1 heterocycles. The third-order valence-corrected chi connectivity index (χ3v) is 5.14. The fourth-order valence-corrected chi connectivity index (χ4v) is 3.91. The van der Waals surface area contributed by atoms with Gasteiger partial charge in [-0.05, 0) is 65.9 Å². The van der Waals surface area contributed by atoms with Gasteiger partial charge in [-0.3, -0.25) is 0 Å². The molecule has 3 aromatic rings. The minimum atomic E-state index is -0.183. The number of methoxy groups -OCH3 is 1. The largest absolute Gasteiger partial charge is 0.508 e. The zero-order valence-corrected chi connectivity index (χ0v) is 15.1. The van der Waals surface area contributed by atoms with Crippen molar-refractivity contribution in [2.75, 3.05) is 18.6 Å². The lowest BCUT2D eigenvalue weighted by Gasteiger charge is -2.32. The first kappa shape index (κ1) is 16.7. The molecule has 0 atom stereocenters. The van der Waals surface area contributed by atoms with Crippen molar-refractivity contribution in [3.63, 3.8) is 0 Å². The molecule has 134 valence electrons. The van der Waals surface area contributed by atoms with Crippen molar-refractivity contribution in [1.29, 1.82) is 0 Å². The molecule has 1 aliphatic rings. The summed E-state index contributed by atoms with van der Waals surface area (Å²) in [6, 6.07) is 13.1. The molecule has 0 aliphatic carbocycles. The zero-order valence-electron chi connectivity index (χ0n) is 15.1. The molecule has 0 fully saturated rings. The quantitative estimate of drug-likeness (QED) is 0.724. The molecule has 1 aliphatic heterocycles. The number of benzene rings is 3. The Kier molecular flexibility index (Phi) is 4.19. The van der Waals surface area contributed by atoms with E-state index in [0.29, 0.717) is 12.2 Å². The Morgan fingerprint density at radius 1 is 1.15 bits per heavy atom. The smallest absolute Gasteiger partial charge is 0.147 e. The molecule has 0 aromatic heterocycles. The number of hydrogen-bond acceptors (Lipinski definition) is 3. The second-order valence-electron chi connectivity index (χ2n) is 6.93. The highest BCUT2D eigenvalue weighted by Gasteiger charge is 2.23. The van der Waals surface area contributed by atoms with Crippen LogP contribution < -0.4 is 9.64 Å². The minimum Gasteiger partial charge on any atom is -0.508 e. The Bertz CT molecular complexity index is 984. The van der Waals surface area contributed by atoms with Crippen molar-refractivity contribution in [3.05, 3.63) is 65.0 Å². The van der Waals surface area contributed by atoms with Gasteiger partial charge in [-0.15, -0.1) is 0 Å². The summed E-state index contributed by atoms with van der Waals surface area (Å²) in [6.07, 6.45) is 1.87. The Balaban J connectivity index is 1.81. The van der Waals surface area contributed by atoms with Gasteiger partial charge in [0, 0.05) is 18.7 Å². The number of anilines is 1. The van der Waals surface area contributed by atoms with Crippen LogP contribution in [0.1, 0.15) is 23.1 Å². The van der Waals surface area contributed by atoms with Crippen LogP contribution in [0, 0.1) is 12.7 Å². The Hall–Kier alpha value is -2.75. The minimum absolute atomic E-state index is 0.183. The van der Waals surface area contributed by atoms with Gasteiger partial charge in [0.2, 0.25) is 0 Å². The van der Waals surface area contributed by atoms with Crippen LogP contribution in [0.3, 0.4) is 0 Å². The molecule has 4 heteroatoms. The normalized spacial score (nSPS) is 13.7. The molecule has 0 saturated carbocycles. The van der Waals surface area contributed by atoms with E-state index in [1.54, 1.807) is 19.2 Å². The molecule has 0 radical (unpaired) electrons. The molecular formula is C22H22FNO2. The number of fused-ring (bicyclic) bond motifs is 2. The molecule has 4 rings (SSSR count). The van der Waals surface area contributed by atoms with Crippen LogP contribution in [0.4, 0.5) is 10.1 Å². The lowest BCUT2D eigenvalue weighted by atomic mass is 9.97. The molecule has 26 heavy (non-hydrogen) atoms. The summed E-state index contributed by atoms with van der Waals surface area (Å²) < 4.78 is 20.0. The maximum Gasteiger partial charge on any atom is 0.147 e. The van der Waals surface area contributed by atoms with E-state index >= 15 is 0 Å². The second-order valence-corrected chi connectivity index (χ2v) is 6.93. The predicted octanol–water partition coefficient (Wildman–Crippen LogP) is 4.95. The second kappa shape index (κ2) is 6.52. The van der Waals surface area contributed by atoms with Crippen LogP contribution in [0.2, 0.25) is 0 Å². The summed E-state index contributed by atoms with van der Waals surface area (Å²) in [4.78, 5) is 2.04. The van der Waals surface area contributed by atoms with Crippen LogP contribution in [0.25, 0.3) is 10.8 Å². The molecular weight excluding hydrogens is 329 g/mol. The van der Waals surface area contributed by atoms with E-state index in [4.69, 9.17) is 4.74 Å². The topological polar surface area (TPSA) is 32.7 Å². The van der Waals surface area contributed by atoms with E-state index < -0.39 is 0 Å². The molecule has 0 spiro atoms. The summed E-state index contributed by atoms with van der Waals surface area (Å²) in [7, 11) is 1.63. The van der Waals surface area contributed by atoms with E-state index in [-0.39, 0.29) is 11.6 Å². The van der Waals surface area contributed by atoms with Gasteiger partial charge in [0.05, 0.1) is 12.8 Å². The van der Waals surface area contributed by atoms with Crippen molar-refractivity contribution in [3.8, 4) is 11.5 Å². The third-order valence-electron chi connectivity index (χ3n) is 5.14. The average molecular weight is 351 g/mol. The highest BCUT2D eigenvalue weighted by atomic mass is 19.1. The summed E-state index contributed by atoms with van der Waals surface area (Å²) in [6.45, 7) is 3.15. The van der Waals surface area contributed by atoms with Crippen LogP contribution >= 0.6 is 0 Å². The third kappa shape index (κ3) is 2.85. The molecule has 3 aromatic carbocycles. The van der Waals surface area contributed by atoms with E-state index in [1.807, 2.05) is 36.1 Å². The summed E-state index contributed by atoms with van der Waals surface area (Å²) >= 11 is 0. The van der Waals surface area contributed by atoms with E-state index in [0.717, 1.165) is 52.6 Å². The SMILES string of the molecule is COc1ccc2ccc(O)c(CN3CCCc4cc(C)cc(F)c43)c2c1. The van der Waals surface area contributed by atoms with Gasteiger partial charge in [0.25, 0.3) is 0 Å². The first-order valence-electron chi connectivity index (χ1n) is 8.89. The van der Waals surface area contributed by atoms with Crippen molar-refractivity contribution in [2.24, 2.45) is 0 Å². The highest BCUT2D eigenvalue weighted by Crippen LogP contribution is 2.36. The number of hydrogen-bond donors (Lipinski definition) is 1. The van der Waals surface area contributed by atoms with Crippen molar-refractivity contribution >= 4 is 16.5 Å². The van der Waals surface area contributed by atoms with E-state index in [1.165, 1.54) is 0 Å². The Labute approximate surface area is 152 Å². The van der Waals surface area contributed by atoms with Gasteiger partial charge in [0.1, 0.15) is 17.3 Å². The molecule has 3 nitrogen and oxygen atoms in total. The molecule has 0 bridgehead atoms. The van der Waals surface area contributed by atoms with Gasteiger partial charge >= 0.3 is 0 Å². The number of phenolic OH excluding ortho intramolecular Hbond substituents is 1. The number of nitrogens with zero attached hydrogens (tertiary/aromatic N) is 1. The Morgan fingerprint density at radius 3 is 2.77 bits per heavy atom. The van der Waals surface area contributed by atoms with Crippen molar-refractivity contribution in [1.82, 2.24) is 0 Å². The Morgan fingerprint density at radius 2 is 1.96 bits per heavy atom. The van der Waals surface area contributed by atoms with Gasteiger partial charge in [-0.2, -0.15) is 0 Å². The number of aromatic hydroxyl groups is 1. The first-order chi connectivity index (χ1) is 12.6. The predicted molar refractivity (Wildman–Crippen MR) is 103 cm³/mol. The lowest BCUT2D eigenvalue weighted by Crippen LogP contribution is -2.30. The van der Waals surface area contributed by atoms with Gasteiger partial charge in [-0.25, -0.2) is 4.39 Å². The summed E-state index contributed by atoms with van der Waals surface area (Å²) in [5.41, 5.74) is 3.46. The maximum absolute atomic E-state index is 14.7. The van der Waals surface area contributed by atoms with Crippen LogP contribution in [-0.2, 0) is 13.0 Å². The lowest BCUT2D eigenvalue weighted by molar-refractivity contribution is 0.415.